The van der Waals surface area contributed by atoms with Crippen molar-refractivity contribution in [3.8, 4) is 0 Å². The molecule has 1 rings (SSSR count). The van der Waals surface area contributed by atoms with Gasteiger partial charge < -0.3 is 10.2 Å². The summed E-state index contributed by atoms with van der Waals surface area (Å²) < 4.78 is 25.6. The summed E-state index contributed by atoms with van der Waals surface area (Å²) in [6, 6.07) is 3.15. The average Bonchev–Trinajstić information content (AvgIpc) is 2.20. The summed E-state index contributed by atoms with van der Waals surface area (Å²) in [5.74, 6) is -3.18. The van der Waals surface area contributed by atoms with Crippen molar-refractivity contribution in [3.63, 3.8) is 0 Å². The van der Waals surface area contributed by atoms with E-state index in [1.54, 1.807) is 6.92 Å². The molecule has 0 fully saturated rings. The van der Waals surface area contributed by atoms with Gasteiger partial charge in [0.25, 0.3) is 0 Å². The molecular formula is C12H14F2O3. The second-order valence-corrected chi connectivity index (χ2v) is 4.13. The first kappa shape index (κ1) is 13.6. The summed E-state index contributed by atoms with van der Waals surface area (Å²) in [7, 11) is 0. The first-order chi connectivity index (χ1) is 7.90. The summed E-state index contributed by atoms with van der Waals surface area (Å²) in [6.45, 7) is 1.68. The molecule has 3 nitrogen and oxygen atoms in total. The third-order valence-electron chi connectivity index (χ3n) is 2.48. The number of carboxylic acid groups (broad SMARTS) is 1. The first-order valence-corrected chi connectivity index (χ1v) is 5.25. The zero-order chi connectivity index (χ0) is 13.0. The van der Waals surface area contributed by atoms with Gasteiger partial charge in [0, 0.05) is 6.42 Å². The van der Waals surface area contributed by atoms with Gasteiger partial charge >= 0.3 is 5.97 Å². The number of aliphatic hydroxyl groups excluding tert-OH is 1. The summed E-state index contributed by atoms with van der Waals surface area (Å²) in [4.78, 5) is 10.4. The Balaban J connectivity index is 2.66. The number of hydrogen-bond donors (Lipinski definition) is 2. The first-order valence-electron chi connectivity index (χ1n) is 5.25. The number of benzene rings is 1. The van der Waals surface area contributed by atoms with E-state index in [4.69, 9.17) is 5.11 Å². The average molecular weight is 244 g/mol. The molecule has 5 heteroatoms. The molecular weight excluding hydrogens is 230 g/mol. The van der Waals surface area contributed by atoms with Gasteiger partial charge in [0.1, 0.15) is 0 Å². The summed E-state index contributed by atoms with van der Waals surface area (Å²) in [6.07, 6.45) is -0.863. The zero-order valence-electron chi connectivity index (χ0n) is 9.36. The van der Waals surface area contributed by atoms with Gasteiger partial charge in [-0.3, -0.25) is 4.79 Å². The van der Waals surface area contributed by atoms with Crippen molar-refractivity contribution < 1.29 is 23.8 Å². The second-order valence-electron chi connectivity index (χ2n) is 4.13. The minimum Gasteiger partial charge on any atom is -0.481 e. The molecule has 2 N–H and O–H groups in total. The predicted octanol–water partition coefficient (Wildman–Crippen LogP) is 2.50. The van der Waals surface area contributed by atoms with E-state index in [1.807, 2.05) is 0 Å². The molecule has 0 aromatic heterocycles. The molecule has 17 heavy (non-hydrogen) atoms. The topological polar surface area (TPSA) is 57.5 Å². The number of rotatable bonds is 5. The number of carboxylic acids is 1. The SMILES string of the molecule is CC(CC(=O)O)CC(O)c1ccc(F)c(F)c1. The van der Waals surface area contributed by atoms with Crippen LogP contribution >= 0.6 is 0 Å². The third-order valence-corrected chi connectivity index (χ3v) is 2.48. The highest BCUT2D eigenvalue weighted by atomic mass is 19.2. The molecule has 0 bridgehead atoms. The highest BCUT2D eigenvalue weighted by Crippen LogP contribution is 2.24. The molecule has 2 atom stereocenters. The van der Waals surface area contributed by atoms with E-state index in [0.717, 1.165) is 12.1 Å². The molecule has 0 aliphatic heterocycles. The fourth-order valence-corrected chi connectivity index (χ4v) is 1.62. The molecule has 0 spiro atoms. The summed E-state index contributed by atoms with van der Waals surface area (Å²) in [5.41, 5.74) is 0.251. The molecule has 0 saturated carbocycles. The van der Waals surface area contributed by atoms with E-state index >= 15 is 0 Å². The maximum absolute atomic E-state index is 12.9. The number of hydrogen-bond acceptors (Lipinski definition) is 2. The van der Waals surface area contributed by atoms with Crippen LogP contribution in [0, 0.1) is 17.6 Å². The van der Waals surface area contributed by atoms with Crippen molar-refractivity contribution in [3.05, 3.63) is 35.4 Å². The van der Waals surface area contributed by atoms with Crippen LogP contribution in [0.2, 0.25) is 0 Å². The van der Waals surface area contributed by atoms with Crippen LogP contribution in [0.1, 0.15) is 31.4 Å². The summed E-state index contributed by atoms with van der Waals surface area (Å²) >= 11 is 0. The van der Waals surface area contributed by atoms with Crippen molar-refractivity contribution in [2.45, 2.75) is 25.9 Å². The highest BCUT2D eigenvalue weighted by Gasteiger charge is 2.16. The van der Waals surface area contributed by atoms with Crippen LogP contribution in [0.3, 0.4) is 0 Å². The number of aliphatic carboxylic acids is 1. The minimum absolute atomic E-state index is 0.0687. The van der Waals surface area contributed by atoms with Gasteiger partial charge in [-0.1, -0.05) is 13.0 Å². The molecule has 0 heterocycles. The van der Waals surface area contributed by atoms with Gasteiger partial charge in [0.15, 0.2) is 11.6 Å². The molecule has 0 radical (unpaired) electrons. The van der Waals surface area contributed by atoms with Crippen LogP contribution in [0.15, 0.2) is 18.2 Å². The minimum atomic E-state index is -1.02. The molecule has 1 aromatic carbocycles. The van der Waals surface area contributed by atoms with Crippen LogP contribution in [-0.4, -0.2) is 16.2 Å². The van der Waals surface area contributed by atoms with Gasteiger partial charge in [-0.05, 0) is 30.0 Å². The van der Waals surface area contributed by atoms with Crippen LogP contribution in [0.5, 0.6) is 0 Å². The number of halogens is 2. The fourth-order valence-electron chi connectivity index (χ4n) is 1.62. The van der Waals surface area contributed by atoms with E-state index in [2.05, 4.69) is 0 Å². The Labute approximate surface area is 97.7 Å². The quantitative estimate of drug-likeness (QED) is 0.836. The highest BCUT2D eigenvalue weighted by molar-refractivity contribution is 5.66. The lowest BCUT2D eigenvalue weighted by molar-refractivity contribution is -0.138. The lowest BCUT2D eigenvalue weighted by atomic mass is 9.96. The van der Waals surface area contributed by atoms with Gasteiger partial charge in [0.05, 0.1) is 6.10 Å². The maximum Gasteiger partial charge on any atom is 0.303 e. The Morgan fingerprint density at radius 1 is 1.35 bits per heavy atom. The predicted molar refractivity (Wildman–Crippen MR) is 57.4 cm³/mol. The van der Waals surface area contributed by atoms with Crippen LogP contribution in [0.25, 0.3) is 0 Å². The molecule has 2 unspecified atom stereocenters. The van der Waals surface area contributed by atoms with Crippen molar-refractivity contribution in [1.82, 2.24) is 0 Å². The monoisotopic (exact) mass is 244 g/mol. The van der Waals surface area contributed by atoms with Crippen molar-refractivity contribution in [2.75, 3.05) is 0 Å². The Kier molecular flexibility index (Phi) is 4.57. The number of aliphatic hydroxyl groups is 1. The molecule has 0 amide bonds. The smallest absolute Gasteiger partial charge is 0.303 e. The molecule has 0 saturated heterocycles. The fraction of sp³-hybridized carbons (Fsp3) is 0.417. The third kappa shape index (κ3) is 4.11. The lowest BCUT2D eigenvalue weighted by Gasteiger charge is -2.15. The summed E-state index contributed by atoms with van der Waals surface area (Å²) in [5, 5.41) is 18.3. The Hall–Kier alpha value is -1.49. The second kappa shape index (κ2) is 5.72. The Morgan fingerprint density at radius 2 is 2.00 bits per heavy atom. The van der Waals surface area contributed by atoms with Crippen LogP contribution in [0.4, 0.5) is 8.78 Å². The van der Waals surface area contributed by atoms with Crippen LogP contribution < -0.4 is 0 Å². The molecule has 94 valence electrons. The molecule has 0 aliphatic rings. The van der Waals surface area contributed by atoms with Gasteiger partial charge in [0.2, 0.25) is 0 Å². The van der Waals surface area contributed by atoms with E-state index in [0.29, 0.717) is 0 Å². The Bertz CT molecular complexity index is 407. The van der Waals surface area contributed by atoms with Crippen molar-refractivity contribution in [1.29, 1.82) is 0 Å². The standard InChI is InChI=1S/C12H14F2O3/c1-7(5-12(16)17)4-11(15)8-2-3-9(13)10(14)6-8/h2-3,6-7,11,15H,4-5H2,1H3,(H,16,17). The maximum atomic E-state index is 12.9. The number of carbonyl (C=O) groups is 1. The molecule has 1 aromatic rings. The lowest BCUT2D eigenvalue weighted by Crippen LogP contribution is -2.09. The van der Waals surface area contributed by atoms with Gasteiger partial charge in [-0.25, -0.2) is 8.78 Å². The van der Waals surface area contributed by atoms with E-state index in [1.165, 1.54) is 6.07 Å². The van der Waals surface area contributed by atoms with Crippen LogP contribution in [-0.2, 0) is 4.79 Å². The normalized spacial score (nSPS) is 14.4. The van der Waals surface area contributed by atoms with E-state index < -0.39 is 23.7 Å². The largest absolute Gasteiger partial charge is 0.481 e. The van der Waals surface area contributed by atoms with Crippen molar-refractivity contribution >= 4 is 5.97 Å². The van der Waals surface area contributed by atoms with Gasteiger partial charge in [-0.2, -0.15) is 0 Å². The zero-order valence-corrected chi connectivity index (χ0v) is 9.36. The van der Waals surface area contributed by atoms with Crippen molar-refractivity contribution in [2.24, 2.45) is 5.92 Å². The van der Waals surface area contributed by atoms with Gasteiger partial charge in [-0.15, -0.1) is 0 Å². The Morgan fingerprint density at radius 3 is 2.53 bits per heavy atom. The molecule has 0 aliphatic carbocycles. The van der Waals surface area contributed by atoms with E-state index in [9.17, 15) is 18.7 Å². The van der Waals surface area contributed by atoms with E-state index in [-0.39, 0.29) is 24.3 Å².